The molecule has 6 heteroatoms. The molecule has 3 atom stereocenters. The summed E-state index contributed by atoms with van der Waals surface area (Å²) < 4.78 is 5.46. The molecule has 1 saturated heterocycles. The summed E-state index contributed by atoms with van der Waals surface area (Å²) >= 11 is 5.80. The number of carbonyl (C=O) groups is 1. The van der Waals surface area contributed by atoms with Gasteiger partial charge in [-0.25, -0.2) is 0 Å². The molecule has 2 aliphatic rings. The van der Waals surface area contributed by atoms with Crippen molar-refractivity contribution >= 4 is 17.5 Å². The largest absolute Gasteiger partial charge is 0.484 e. The highest BCUT2D eigenvalue weighted by atomic mass is 35.5. The fourth-order valence-electron chi connectivity index (χ4n) is 3.08. The summed E-state index contributed by atoms with van der Waals surface area (Å²) in [6, 6.07) is 7.83. The van der Waals surface area contributed by atoms with Gasteiger partial charge in [0.1, 0.15) is 5.75 Å². The molecule has 3 N–H and O–H groups in total. The van der Waals surface area contributed by atoms with Crippen molar-refractivity contribution in [2.75, 3.05) is 13.2 Å². The molecule has 1 saturated carbocycles. The van der Waals surface area contributed by atoms with Crippen LogP contribution in [-0.4, -0.2) is 31.1 Å². The molecule has 2 fully saturated rings. The van der Waals surface area contributed by atoms with Crippen LogP contribution in [0.25, 0.3) is 0 Å². The van der Waals surface area contributed by atoms with Gasteiger partial charge in [-0.15, -0.1) is 0 Å². The van der Waals surface area contributed by atoms with Crippen molar-refractivity contribution < 1.29 is 9.53 Å². The second-order valence-corrected chi connectivity index (χ2v) is 6.15. The third-order valence-electron chi connectivity index (χ3n) is 4.18. The van der Waals surface area contributed by atoms with Crippen molar-refractivity contribution in [1.82, 2.24) is 16.2 Å². The van der Waals surface area contributed by atoms with E-state index in [0.717, 1.165) is 25.8 Å². The Hall–Kier alpha value is -1.30. The van der Waals surface area contributed by atoms with Crippen molar-refractivity contribution in [3.8, 4) is 5.75 Å². The first-order valence-electron chi connectivity index (χ1n) is 7.37. The molecule has 1 aliphatic carbocycles. The van der Waals surface area contributed by atoms with E-state index in [2.05, 4.69) is 16.2 Å². The lowest BCUT2D eigenvalue weighted by molar-refractivity contribution is -0.124. The van der Waals surface area contributed by atoms with Crippen molar-refractivity contribution in [1.29, 1.82) is 0 Å². The molecule has 1 aromatic carbocycles. The van der Waals surface area contributed by atoms with Crippen LogP contribution in [0.3, 0.4) is 0 Å². The van der Waals surface area contributed by atoms with Crippen LogP contribution in [0.4, 0.5) is 0 Å². The Morgan fingerprint density at radius 1 is 1.33 bits per heavy atom. The number of halogens is 1. The van der Waals surface area contributed by atoms with E-state index in [4.69, 9.17) is 16.3 Å². The summed E-state index contributed by atoms with van der Waals surface area (Å²) in [4.78, 5) is 12.0. The van der Waals surface area contributed by atoms with Crippen LogP contribution >= 0.6 is 11.6 Å². The first-order valence-corrected chi connectivity index (χ1v) is 7.74. The Balaban J connectivity index is 1.43. The first kappa shape index (κ1) is 14.6. The van der Waals surface area contributed by atoms with Gasteiger partial charge in [-0.05, 0) is 49.4 Å². The summed E-state index contributed by atoms with van der Waals surface area (Å²) in [5.41, 5.74) is 6.48. The molecule has 1 aliphatic heterocycles. The van der Waals surface area contributed by atoms with Gasteiger partial charge in [0.25, 0.3) is 5.91 Å². The average molecular weight is 310 g/mol. The van der Waals surface area contributed by atoms with Crippen molar-refractivity contribution in [2.45, 2.75) is 31.3 Å². The van der Waals surface area contributed by atoms with Gasteiger partial charge in [0.15, 0.2) is 6.61 Å². The molecule has 1 amide bonds. The minimum atomic E-state index is -0.0627. The lowest BCUT2D eigenvalue weighted by Crippen LogP contribution is -2.45. The second kappa shape index (κ2) is 6.64. The zero-order chi connectivity index (χ0) is 14.7. The quantitative estimate of drug-likeness (QED) is 0.788. The van der Waals surface area contributed by atoms with Gasteiger partial charge < -0.3 is 10.1 Å². The molecule has 21 heavy (non-hydrogen) atoms. The van der Waals surface area contributed by atoms with Crippen molar-refractivity contribution in [3.63, 3.8) is 0 Å². The zero-order valence-corrected chi connectivity index (χ0v) is 12.5. The van der Waals surface area contributed by atoms with Gasteiger partial charge in [-0.1, -0.05) is 11.6 Å². The molecule has 1 heterocycles. The third kappa shape index (κ3) is 3.87. The fourth-order valence-corrected chi connectivity index (χ4v) is 3.21. The Morgan fingerprint density at radius 3 is 2.95 bits per heavy atom. The molecule has 0 bridgehead atoms. The summed E-state index contributed by atoms with van der Waals surface area (Å²) in [6.45, 7) is 1.03. The summed E-state index contributed by atoms with van der Waals surface area (Å²) in [5, 5.41) is 3.72. The van der Waals surface area contributed by atoms with Gasteiger partial charge in [0.05, 0.1) is 0 Å². The lowest BCUT2D eigenvalue weighted by Gasteiger charge is -2.31. The van der Waals surface area contributed by atoms with Gasteiger partial charge >= 0.3 is 0 Å². The highest BCUT2D eigenvalue weighted by Crippen LogP contribution is 2.26. The van der Waals surface area contributed by atoms with E-state index in [1.165, 1.54) is 0 Å². The Labute approximate surface area is 129 Å². The van der Waals surface area contributed by atoms with E-state index in [0.29, 0.717) is 22.7 Å². The first-order chi connectivity index (χ1) is 10.2. The van der Waals surface area contributed by atoms with E-state index < -0.39 is 0 Å². The van der Waals surface area contributed by atoms with Crippen LogP contribution in [-0.2, 0) is 4.79 Å². The molecule has 5 nitrogen and oxygen atoms in total. The maximum absolute atomic E-state index is 12.0. The number of fused-ring (bicyclic) bond motifs is 1. The van der Waals surface area contributed by atoms with E-state index >= 15 is 0 Å². The minimum absolute atomic E-state index is 0.0444. The number of carbonyl (C=O) groups excluding carboxylic acids is 1. The number of hydrogen-bond acceptors (Lipinski definition) is 4. The predicted molar refractivity (Wildman–Crippen MR) is 81.1 cm³/mol. The number of ether oxygens (including phenoxy) is 1. The van der Waals surface area contributed by atoms with E-state index in [-0.39, 0.29) is 18.6 Å². The van der Waals surface area contributed by atoms with E-state index in [1.54, 1.807) is 24.3 Å². The normalized spacial score (nSPS) is 28.0. The van der Waals surface area contributed by atoms with Gasteiger partial charge in [0, 0.05) is 23.7 Å². The SMILES string of the molecule is O=C(COc1ccc(Cl)cc1)NC1CCC2NNCC2C1. The summed E-state index contributed by atoms with van der Waals surface area (Å²) in [7, 11) is 0. The molecule has 3 unspecified atom stereocenters. The number of rotatable bonds is 4. The van der Waals surface area contributed by atoms with Crippen molar-refractivity contribution in [3.05, 3.63) is 29.3 Å². The number of hydrogen-bond donors (Lipinski definition) is 3. The summed E-state index contributed by atoms with van der Waals surface area (Å²) in [6.07, 6.45) is 3.14. The van der Waals surface area contributed by atoms with Crippen LogP contribution < -0.4 is 20.9 Å². The molecule has 0 aromatic heterocycles. The zero-order valence-electron chi connectivity index (χ0n) is 11.8. The molecule has 114 valence electrons. The lowest BCUT2D eigenvalue weighted by atomic mass is 9.83. The number of amides is 1. The molecular formula is C15H20ClN3O2. The Kier molecular flexibility index (Phi) is 4.63. The van der Waals surface area contributed by atoms with Crippen LogP contribution in [0.2, 0.25) is 5.02 Å². The Bertz CT molecular complexity index is 494. The van der Waals surface area contributed by atoms with Gasteiger partial charge in [0.2, 0.25) is 0 Å². The second-order valence-electron chi connectivity index (χ2n) is 5.71. The number of nitrogens with one attached hydrogen (secondary N) is 3. The maximum atomic E-state index is 12.0. The van der Waals surface area contributed by atoms with Crippen molar-refractivity contribution in [2.24, 2.45) is 5.92 Å². The highest BCUT2D eigenvalue weighted by Gasteiger charge is 2.34. The maximum Gasteiger partial charge on any atom is 0.258 e. The molecule has 0 radical (unpaired) electrons. The van der Waals surface area contributed by atoms with Crippen LogP contribution in [0.15, 0.2) is 24.3 Å². The van der Waals surface area contributed by atoms with Crippen LogP contribution in [0.1, 0.15) is 19.3 Å². The van der Waals surface area contributed by atoms with Crippen LogP contribution in [0.5, 0.6) is 5.75 Å². The van der Waals surface area contributed by atoms with Gasteiger partial charge in [-0.2, -0.15) is 0 Å². The predicted octanol–water partition coefficient (Wildman–Crippen LogP) is 1.48. The summed E-state index contributed by atoms with van der Waals surface area (Å²) in [5.74, 6) is 1.20. The highest BCUT2D eigenvalue weighted by molar-refractivity contribution is 6.30. The molecule has 3 rings (SSSR count). The molecule has 0 spiro atoms. The number of benzene rings is 1. The van der Waals surface area contributed by atoms with E-state index in [1.807, 2.05) is 0 Å². The van der Waals surface area contributed by atoms with E-state index in [9.17, 15) is 4.79 Å². The topological polar surface area (TPSA) is 62.4 Å². The third-order valence-corrected chi connectivity index (χ3v) is 4.43. The molecular weight excluding hydrogens is 290 g/mol. The fraction of sp³-hybridized carbons (Fsp3) is 0.533. The monoisotopic (exact) mass is 309 g/mol. The smallest absolute Gasteiger partial charge is 0.258 e. The standard InChI is InChI=1S/C15H20ClN3O2/c16-11-1-4-13(5-2-11)21-9-15(20)18-12-3-6-14-10(7-12)8-17-19-14/h1-2,4-5,10,12,14,17,19H,3,6-9H2,(H,18,20). The Morgan fingerprint density at radius 2 is 2.14 bits per heavy atom. The van der Waals surface area contributed by atoms with Crippen LogP contribution in [0, 0.1) is 5.92 Å². The molecule has 1 aromatic rings. The average Bonchev–Trinajstić information content (AvgIpc) is 2.94. The number of hydrazine groups is 1. The minimum Gasteiger partial charge on any atom is -0.484 e. The van der Waals surface area contributed by atoms with Gasteiger partial charge in [-0.3, -0.25) is 15.6 Å².